The van der Waals surface area contributed by atoms with Gasteiger partial charge in [-0.05, 0) is 58.4 Å². The van der Waals surface area contributed by atoms with Crippen molar-refractivity contribution in [2.45, 2.75) is 6.54 Å². The van der Waals surface area contributed by atoms with Gasteiger partial charge in [0.25, 0.3) is 11.8 Å². The summed E-state index contributed by atoms with van der Waals surface area (Å²) in [7, 11) is 3.33. The number of nitrogens with one attached hydrogen (secondary N) is 1. The number of halogens is 1. The Morgan fingerprint density at radius 2 is 1.87 bits per heavy atom. The summed E-state index contributed by atoms with van der Waals surface area (Å²) >= 11 is 5.02. The first-order valence-corrected chi connectivity index (χ1v) is 10.8. The predicted octanol–water partition coefficient (Wildman–Crippen LogP) is 4.81. The molecule has 0 unspecified atom stereocenters. The quantitative estimate of drug-likeness (QED) is 0.493. The van der Waals surface area contributed by atoms with E-state index >= 15 is 0 Å². The fraction of sp³-hybridized carbons (Fsp3) is 0.182. The topological polar surface area (TPSA) is 67.9 Å². The van der Waals surface area contributed by atoms with Crippen LogP contribution in [-0.2, 0) is 11.3 Å². The fourth-order valence-corrected chi connectivity index (χ4v) is 4.21. The molecule has 3 aromatic rings. The third kappa shape index (κ3) is 6.08. The monoisotopic (exact) mass is 488 g/mol. The Balaban J connectivity index is 1.51. The zero-order valence-corrected chi connectivity index (χ0v) is 19.0. The molecular weight excluding hydrogens is 468 g/mol. The molecule has 0 bridgehead atoms. The number of methoxy groups -OCH3 is 1. The van der Waals surface area contributed by atoms with Gasteiger partial charge in [-0.2, -0.15) is 0 Å². The Morgan fingerprint density at radius 3 is 2.53 bits per heavy atom. The molecule has 156 valence electrons. The van der Waals surface area contributed by atoms with Gasteiger partial charge in [-0.25, -0.2) is 0 Å². The number of rotatable bonds is 8. The second-order valence-corrected chi connectivity index (χ2v) is 8.40. The number of anilines is 1. The standard InChI is InChI=1S/C22H21BrN2O4S/c1-25(12-20-10-16(23)14-30-20)22(27)15-6-8-18(9-7-15)29-13-21(26)24-17-4-3-5-19(11-17)28-2/h3-11,14H,12-13H2,1-2H3,(H,24,26). The molecule has 0 saturated carbocycles. The fourth-order valence-electron chi connectivity index (χ4n) is 2.70. The molecule has 1 aromatic heterocycles. The molecule has 0 radical (unpaired) electrons. The summed E-state index contributed by atoms with van der Waals surface area (Å²) in [6.45, 7) is 0.398. The van der Waals surface area contributed by atoms with Crippen LogP contribution in [-0.4, -0.2) is 37.5 Å². The molecule has 0 atom stereocenters. The first-order chi connectivity index (χ1) is 14.4. The van der Waals surface area contributed by atoms with Crippen molar-refractivity contribution in [3.63, 3.8) is 0 Å². The van der Waals surface area contributed by atoms with Crippen molar-refractivity contribution in [3.8, 4) is 11.5 Å². The van der Waals surface area contributed by atoms with E-state index in [4.69, 9.17) is 9.47 Å². The number of nitrogens with zero attached hydrogens (tertiary/aromatic N) is 1. The maximum atomic E-state index is 12.6. The minimum absolute atomic E-state index is 0.0816. The van der Waals surface area contributed by atoms with Gasteiger partial charge in [0.05, 0.1) is 13.7 Å². The summed E-state index contributed by atoms with van der Waals surface area (Å²) in [5.74, 6) is 0.801. The summed E-state index contributed by atoms with van der Waals surface area (Å²) in [6, 6.07) is 15.8. The molecule has 3 rings (SSSR count). The Kier molecular flexibility index (Phi) is 7.48. The van der Waals surface area contributed by atoms with Gasteiger partial charge in [0.2, 0.25) is 0 Å². The molecule has 2 amide bonds. The number of ether oxygens (including phenoxy) is 2. The molecule has 6 nitrogen and oxygen atoms in total. The van der Waals surface area contributed by atoms with Gasteiger partial charge in [-0.1, -0.05) is 6.07 Å². The van der Waals surface area contributed by atoms with Crippen LogP contribution in [0.2, 0.25) is 0 Å². The Bertz CT molecular complexity index is 1020. The number of hydrogen-bond acceptors (Lipinski definition) is 5. The van der Waals surface area contributed by atoms with Gasteiger partial charge >= 0.3 is 0 Å². The lowest BCUT2D eigenvalue weighted by molar-refractivity contribution is -0.118. The molecule has 30 heavy (non-hydrogen) atoms. The summed E-state index contributed by atoms with van der Waals surface area (Å²) in [5.41, 5.74) is 1.19. The summed E-state index contributed by atoms with van der Waals surface area (Å²) in [5, 5.41) is 4.74. The van der Waals surface area contributed by atoms with E-state index in [2.05, 4.69) is 21.2 Å². The van der Waals surface area contributed by atoms with Crippen LogP contribution < -0.4 is 14.8 Å². The molecule has 0 saturated heterocycles. The summed E-state index contributed by atoms with van der Waals surface area (Å²) in [6.07, 6.45) is 0. The van der Waals surface area contributed by atoms with Crippen LogP contribution in [0.25, 0.3) is 0 Å². The smallest absolute Gasteiger partial charge is 0.262 e. The highest BCUT2D eigenvalue weighted by atomic mass is 79.9. The largest absolute Gasteiger partial charge is 0.497 e. The number of thiophene rings is 1. The highest BCUT2D eigenvalue weighted by Crippen LogP contribution is 2.22. The minimum Gasteiger partial charge on any atom is -0.497 e. The van der Waals surface area contributed by atoms with Crippen LogP contribution in [0.15, 0.2) is 64.5 Å². The average Bonchev–Trinajstić information content (AvgIpc) is 3.16. The Hall–Kier alpha value is -2.84. The van der Waals surface area contributed by atoms with Crippen molar-refractivity contribution in [3.05, 3.63) is 74.9 Å². The lowest BCUT2D eigenvalue weighted by Crippen LogP contribution is -2.25. The highest BCUT2D eigenvalue weighted by molar-refractivity contribution is 9.10. The zero-order chi connectivity index (χ0) is 21.5. The summed E-state index contributed by atoms with van der Waals surface area (Å²) < 4.78 is 11.7. The van der Waals surface area contributed by atoms with Crippen LogP contribution >= 0.6 is 27.3 Å². The molecule has 2 aromatic carbocycles. The van der Waals surface area contributed by atoms with Gasteiger partial charge < -0.3 is 19.7 Å². The Labute approximate surface area is 187 Å². The second-order valence-electron chi connectivity index (χ2n) is 6.49. The van der Waals surface area contributed by atoms with Crippen LogP contribution in [0.1, 0.15) is 15.2 Å². The molecule has 1 heterocycles. The number of amides is 2. The van der Waals surface area contributed by atoms with Crippen molar-refractivity contribution in [2.24, 2.45) is 0 Å². The minimum atomic E-state index is -0.287. The maximum Gasteiger partial charge on any atom is 0.262 e. The number of carbonyl (C=O) groups excluding carboxylic acids is 2. The SMILES string of the molecule is COc1cccc(NC(=O)COc2ccc(C(=O)N(C)Cc3cc(Br)cs3)cc2)c1. The van der Waals surface area contributed by atoms with E-state index in [1.807, 2.05) is 11.4 Å². The lowest BCUT2D eigenvalue weighted by atomic mass is 10.2. The first-order valence-electron chi connectivity index (χ1n) is 9.10. The van der Waals surface area contributed by atoms with Crippen LogP contribution in [0.4, 0.5) is 5.69 Å². The van der Waals surface area contributed by atoms with Gasteiger partial charge in [0.15, 0.2) is 6.61 Å². The summed E-state index contributed by atoms with van der Waals surface area (Å²) in [4.78, 5) is 27.4. The molecular formula is C22H21BrN2O4S. The van der Waals surface area contributed by atoms with Crippen molar-refractivity contribution in [1.82, 2.24) is 4.90 Å². The van der Waals surface area contributed by atoms with Crippen molar-refractivity contribution >= 4 is 44.8 Å². The molecule has 0 spiro atoms. The number of carbonyl (C=O) groups is 2. The average molecular weight is 489 g/mol. The molecule has 0 aliphatic rings. The van der Waals surface area contributed by atoms with Gasteiger partial charge in [-0.3, -0.25) is 9.59 Å². The third-order valence-electron chi connectivity index (χ3n) is 4.19. The van der Waals surface area contributed by atoms with Crippen molar-refractivity contribution < 1.29 is 19.1 Å². The van der Waals surface area contributed by atoms with E-state index in [1.165, 1.54) is 0 Å². The predicted molar refractivity (Wildman–Crippen MR) is 121 cm³/mol. The van der Waals surface area contributed by atoms with Gasteiger partial charge in [-0.15, -0.1) is 11.3 Å². The van der Waals surface area contributed by atoms with E-state index < -0.39 is 0 Å². The number of hydrogen-bond donors (Lipinski definition) is 1. The molecule has 0 aliphatic heterocycles. The van der Waals surface area contributed by atoms with E-state index in [-0.39, 0.29) is 18.4 Å². The van der Waals surface area contributed by atoms with Crippen LogP contribution in [0.5, 0.6) is 11.5 Å². The Morgan fingerprint density at radius 1 is 1.10 bits per heavy atom. The van der Waals surface area contributed by atoms with Crippen molar-refractivity contribution in [2.75, 3.05) is 26.1 Å². The molecule has 1 N–H and O–H groups in total. The van der Waals surface area contributed by atoms with E-state index in [0.29, 0.717) is 29.3 Å². The number of benzene rings is 2. The third-order valence-corrected chi connectivity index (χ3v) is 5.87. The molecule has 0 fully saturated rings. The van der Waals surface area contributed by atoms with E-state index in [9.17, 15) is 9.59 Å². The second kappa shape index (κ2) is 10.3. The first kappa shape index (κ1) is 21.9. The molecule has 8 heteroatoms. The molecule has 0 aliphatic carbocycles. The maximum absolute atomic E-state index is 12.6. The van der Waals surface area contributed by atoms with E-state index in [0.717, 1.165) is 9.35 Å². The normalized spacial score (nSPS) is 10.4. The van der Waals surface area contributed by atoms with E-state index in [1.54, 1.807) is 78.9 Å². The van der Waals surface area contributed by atoms with Crippen LogP contribution in [0, 0.1) is 0 Å². The highest BCUT2D eigenvalue weighted by Gasteiger charge is 2.13. The lowest BCUT2D eigenvalue weighted by Gasteiger charge is -2.16. The van der Waals surface area contributed by atoms with Crippen LogP contribution in [0.3, 0.4) is 0 Å². The zero-order valence-electron chi connectivity index (χ0n) is 16.6. The van der Waals surface area contributed by atoms with Gasteiger partial charge in [0, 0.05) is 39.1 Å². The van der Waals surface area contributed by atoms with Crippen molar-refractivity contribution in [1.29, 1.82) is 0 Å². The van der Waals surface area contributed by atoms with Gasteiger partial charge in [0.1, 0.15) is 11.5 Å².